The second-order valence-electron chi connectivity index (χ2n) is 2.79. The SMILES string of the molecule is NCCc1cccc2[nH]ncc12. The third-order valence-electron chi connectivity index (χ3n) is 1.99. The predicted octanol–water partition coefficient (Wildman–Crippen LogP) is 1.06. The smallest absolute Gasteiger partial charge is 0.0653 e. The number of hydrogen-bond donors (Lipinski definition) is 2. The Hall–Kier alpha value is -1.35. The molecular formula is C9H11N3. The number of hydrogen-bond acceptors (Lipinski definition) is 2. The molecule has 3 N–H and O–H groups in total. The predicted molar refractivity (Wildman–Crippen MR) is 48.9 cm³/mol. The molecule has 1 aromatic heterocycles. The maximum Gasteiger partial charge on any atom is 0.0653 e. The van der Waals surface area contributed by atoms with Crippen molar-refractivity contribution in [1.82, 2.24) is 10.2 Å². The largest absolute Gasteiger partial charge is 0.330 e. The Balaban J connectivity index is 2.57. The fraction of sp³-hybridized carbons (Fsp3) is 0.222. The monoisotopic (exact) mass is 161 g/mol. The van der Waals surface area contributed by atoms with Gasteiger partial charge in [-0.2, -0.15) is 5.10 Å². The zero-order chi connectivity index (χ0) is 8.39. The number of H-pyrrole nitrogens is 1. The first-order valence-corrected chi connectivity index (χ1v) is 4.03. The standard InChI is InChI=1S/C9H11N3/c10-5-4-7-2-1-3-9-8(7)6-11-12-9/h1-3,6H,4-5,10H2,(H,11,12). The molecule has 0 radical (unpaired) electrons. The Kier molecular flexibility index (Phi) is 1.80. The van der Waals surface area contributed by atoms with Gasteiger partial charge in [-0.25, -0.2) is 0 Å². The second-order valence-corrected chi connectivity index (χ2v) is 2.79. The van der Waals surface area contributed by atoms with Crippen molar-refractivity contribution in [2.45, 2.75) is 6.42 Å². The molecule has 0 saturated heterocycles. The topological polar surface area (TPSA) is 54.7 Å². The highest BCUT2D eigenvalue weighted by atomic mass is 15.1. The lowest BCUT2D eigenvalue weighted by molar-refractivity contribution is 0.977. The van der Waals surface area contributed by atoms with Crippen LogP contribution in [0.1, 0.15) is 5.56 Å². The van der Waals surface area contributed by atoms with Crippen molar-refractivity contribution in [3.05, 3.63) is 30.0 Å². The number of rotatable bonds is 2. The van der Waals surface area contributed by atoms with Crippen molar-refractivity contribution in [2.24, 2.45) is 5.73 Å². The Bertz CT molecular complexity index is 378. The van der Waals surface area contributed by atoms with E-state index in [2.05, 4.69) is 16.3 Å². The number of fused-ring (bicyclic) bond motifs is 1. The first kappa shape index (κ1) is 7.31. The van der Waals surface area contributed by atoms with Crippen molar-refractivity contribution in [2.75, 3.05) is 6.54 Å². The minimum absolute atomic E-state index is 0.685. The summed E-state index contributed by atoms with van der Waals surface area (Å²) in [4.78, 5) is 0. The van der Waals surface area contributed by atoms with Gasteiger partial charge in [0.2, 0.25) is 0 Å². The van der Waals surface area contributed by atoms with Crippen LogP contribution in [0.15, 0.2) is 24.4 Å². The van der Waals surface area contributed by atoms with Gasteiger partial charge in [0.25, 0.3) is 0 Å². The molecule has 0 saturated carbocycles. The average Bonchev–Trinajstić information content (AvgIpc) is 2.53. The molecule has 0 amide bonds. The number of nitrogens with zero attached hydrogens (tertiary/aromatic N) is 1. The number of nitrogens with two attached hydrogens (primary N) is 1. The van der Waals surface area contributed by atoms with E-state index in [1.54, 1.807) is 0 Å². The van der Waals surface area contributed by atoms with E-state index >= 15 is 0 Å². The Labute approximate surface area is 70.6 Å². The molecule has 0 unspecified atom stereocenters. The van der Waals surface area contributed by atoms with E-state index in [9.17, 15) is 0 Å². The van der Waals surface area contributed by atoms with E-state index in [0.29, 0.717) is 6.54 Å². The van der Waals surface area contributed by atoms with Crippen molar-refractivity contribution < 1.29 is 0 Å². The molecule has 0 aliphatic heterocycles. The highest BCUT2D eigenvalue weighted by Gasteiger charge is 1.99. The maximum absolute atomic E-state index is 5.49. The molecule has 62 valence electrons. The third-order valence-corrected chi connectivity index (χ3v) is 1.99. The van der Waals surface area contributed by atoms with Gasteiger partial charge in [-0.1, -0.05) is 12.1 Å². The fourth-order valence-electron chi connectivity index (χ4n) is 1.40. The van der Waals surface area contributed by atoms with E-state index in [0.717, 1.165) is 11.9 Å². The average molecular weight is 161 g/mol. The lowest BCUT2D eigenvalue weighted by Gasteiger charge is -1.98. The number of aromatic nitrogens is 2. The second kappa shape index (κ2) is 2.95. The summed E-state index contributed by atoms with van der Waals surface area (Å²) in [5.74, 6) is 0. The number of nitrogens with one attached hydrogen (secondary N) is 1. The molecule has 0 atom stereocenters. The molecule has 0 spiro atoms. The summed E-state index contributed by atoms with van der Waals surface area (Å²) in [5, 5.41) is 8.09. The summed E-state index contributed by atoms with van der Waals surface area (Å²) in [6.45, 7) is 0.685. The van der Waals surface area contributed by atoms with Crippen molar-refractivity contribution in [3.8, 4) is 0 Å². The molecule has 1 aromatic carbocycles. The van der Waals surface area contributed by atoms with Crippen LogP contribution in [-0.4, -0.2) is 16.7 Å². The van der Waals surface area contributed by atoms with Crippen LogP contribution in [0.3, 0.4) is 0 Å². The zero-order valence-electron chi connectivity index (χ0n) is 6.75. The minimum Gasteiger partial charge on any atom is -0.330 e. The molecule has 1 heterocycles. The minimum atomic E-state index is 0.685. The van der Waals surface area contributed by atoms with Gasteiger partial charge >= 0.3 is 0 Å². The Morgan fingerprint density at radius 1 is 1.42 bits per heavy atom. The number of benzene rings is 1. The van der Waals surface area contributed by atoms with Crippen LogP contribution in [0.25, 0.3) is 10.9 Å². The third kappa shape index (κ3) is 1.08. The molecule has 2 aromatic rings. The van der Waals surface area contributed by atoms with Gasteiger partial charge in [0, 0.05) is 5.39 Å². The fourth-order valence-corrected chi connectivity index (χ4v) is 1.40. The summed E-state index contributed by atoms with van der Waals surface area (Å²) in [6, 6.07) is 6.12. The Morgan fingerprint density at radius 2 is 2.33 bits per heavy atom. The summed E-state index contributed by atoms with van der Waals surface area (Å²) in [7, 11) is 0. The van der Waals surface area contributed by atoms with Crippen LogP contribution in [0.5, 0.6) is 0 Å². The van der Waals surface area contributed by atoms with Crippen molar-refractivity contribution in [1.29, 1.82) is 0 Å². The molecule has 0 bridgehead atoms. The normalized spacial score (nSPS) is 10.8. The van der Waals surface area contributed by atoms with Gasteiger partial charge in [0.05, 0.1) is 11.7 Å². The van der Waals surface area contributed by atoms with Crippen molar-refractivity contribution >= 4 is 10.9 Å². The van der Waals surface area contributed by atoms with E-state index in [4.69, 9.17) is 5.73 Å². The van der Waals surface area contributed by atoms with Gasteiger partial charge < -0.3 is 5.73 Å². The van der Waals surface area contributed by atoms with E-state index in [1.807, 2.05) is 18.3 Å². The quantitative estimate of drug-likeness (QED) is 0.692. The highest BCUT2D eigenvalue weighted by Crippen LogP contribution is 2.15. The first-order chi connectivity index (χ1) is 5.92. The molecule has 0 aliphatic carbocycles. The molecule has 12 heavy (non-hydrogen) atoms. The molecule has 3 nitrogen and oxygen atoms in total. The summed E-state index contributed by atoms with van der Waals surface area (Å²) >= 11 is 0. The number of aromatic amines is 1. The van der Waals surface area contributed by atoms with Gasteiger partial charge in [0.1, 0.15) is 0 Å². The van der Waals surface area contributed by atoms with Gasteiger partial charge in [-0.15, -0.1) is 0 Å². The van der Waals surface area contributed by atoms with Crippen LogP contribution in [0.4, 0.5) is 0 Å². The van der Waals surface area contributed by atoms with Crippen LogP contribution < -0.4 is 5.73 Å². The highest BCUT2D eigenvalue weighted by molar-refractivity contribution is 5.81. The first-order valence-electron chi connectivity index (χ1n) is 4.03. The summed E-state index contributed by atoms with van der Waals surface area (Å²) < 4.78 is 0. The van der Waals surface area contributed by atoms with Gasteiger partial charge in [0.15, 0.2) is 0 Å². The van der Waals surface area contributed by atoms with E-state index in [-0.39, 0.29) is 0 Å². The van der Waals surface area contributed by atoms with Gasteiger partial charge in [-0.05, 0) is 24.6 Å². The summed E-state index contributed by atoms with van der Waals surface area (Å²) in [5.41, 5.74) is 7.84. The zero-order valence-corrected chi connectivity index (χ0v) is 6.75. The van der Waals surface area contributed by atoms with Crippen LogP contribution >= 0.6 is 0 Å². The lowest BCUT2D eigenvalue weighted by Crippen LogP contribution is -2.02. The van der Waals surface area contributed by atoms with Gasteiger partial charge in [-0.3, -0.25) is 5.10 Å². The van der Waals surface area contributed by atoms with Crippen LogP contribution in [0, 0.1) is 0 Å². The molecular weight excluding hydrogens is 150 g/mol. The Morgan fingerprint density at radius 3 is 3.17 bits per heavy atom. The van der Waals surface area contributed by atoms with Crippen LogP contribution in [-0.2, 0) is 6.42 Å². The van der Waals surface area contributed by atoms with Crippen molar-refractivity contribution in [3.63, 3.8) is 0 Å². The molecule has 2 rings (SSSR count). The lowest BCUT2D eigenvalue weighted by atomic mass is 10.1. The van der Waals surface area contributed by atoms with Crippen LogP contribution in [0.2, 0.25) is 0 Å². The molecule has 3 heteroatoms. The van der Waals surface area contributed by atoms with E-state index in [1.165, 1.54) is 10.9 Å². The van der Waals surface area contributed by atoms with E-state index < -0.39 is 0 Å². The molecule has 0 fully saturated rings. The molecule has 0 aliphatic rings. The maximum atomic E-state index is 5.49. The summed E-state index contributed by atoms with van der Waals surface area (Å²) in [6.07, 6.45) is 2.76.